The lowest BCUT2D eigenvalue weighted by atomic mass is 9.79. The van der Waals surface area contributed by atoms with Crippen molar-refractivity contribution in [3.63, 3.8) is 0 Å². The van der Waals surface area contributed by atoms with Crippen molar-refractivity contribution in [1.29, 1.82) is 0 Å². The number of fused-ring (bicyclic) bond motifs is 1. The van der Waals surface area contributed by atoms with Crippen LogP contribution in [0.5, 0.6) is 5.75 Å². The van der Waals surface area contributed by atoms with Crippen LogP contribution >= 0.6 is 0 Å². The Labute approximate surface area is 156 Å². The zero-order chi connectivity index (χ0) is 18.4. The van der Waals surface area contributed by atoms with Gasteiger partial charge < -0.3 is 9.84 Å². The molecule has 138 valence electrons. The van der Waals surface area contributed by atoms with Gasteiger partial charge in [0.2, 0.25) is 5.79 Å². The normalized spacial score (nSPS) is 21.9. The summed E-state index contributed by atoms with van der Waals surface area (Å²) in [5.74, 6) is -1.74. The van der Waals surface area contributed by atoms with Crippen molar-refractivity contribution in [2.75, 3.05) is 0 Å². The molecule has 3 nitrogen and oxygen atoms in total. The Kier molecular flexibility index (Phi) is 6.10. The van der Waals surface area contributed by atoms with Crippen LogP contribution in [0.25, 0.3) is 0 Å². The van der Waals surface area contributed by atoms with E-state index in [1.807, 2.05) is 42.5 Å². The van der Waals surface area contributed by atoms with Crippen LogP contribution in [-0.2, 0) is 5.79 Å². The topological polar surface area (TPSA) is 46.5 Å². The molecule has 0 aromatic heterocycles. The molecule has 0 fully saturated rings. The van der Waals surface area contributed by atoms with Gasteiger partial charge in [0.1, 0.15) is 5.75 Å². The number of benzene rings is 2. The predicted octanol–water partition coefficient (Wildman–Crippen LogP) is 5.47. The van der Waals surface area contributed by atoms with Gasteiger partial charge in [0, 0.05) is 5.56 Å². The predicted molar refractivity (Wildman–Crippen MR) is 103 cm³/mol. The molecule has 3 rings (SSSR count). The average Bonchev–Trinajstić information content (AvgIpc) is 2.67. The van der Waals surface area contributed by atoms with E-state index in [1.54, 1.807) is 12.1 Å². The fraction of sp³-hybridized carbons (Fsp3) is 0.435. The summed E-state index contributed by atoms with van der Waals surface area (Å²) in [6.07, 6.45) is 7.52. The molecule has 0 spiro atoms. The summed E-state index contributed by atoms with van der Waals surface area (Å²) in [6, 6.07) is 16.5. The molecule has 1 heterocycles. The van der Waals surface area contributed by atoms with Gasteiger partial charge in [0.05, 0.1) is 11.5 Å². The molecule has 0 saturated heterocycles. The highest BCUT2D eigenvalue weighted by atomic mass is 16.6. The first kappa shape index (κ1) is 18.7. The van der Waals surface area contributed by atoms with Gasteiger partial charge in [0.25, 0.3) is 0 Å². The Bertz CT molecular complexity index is 725. The monoisotopic (exact) mass is 352 g/mol. The van der Waals surface area contributed by atoms with Crippen LogP contribution in [0.4, 0.5) is 0 Å². The van der Waals surface area contributed by atoms with Crippen molar-refractivity contribution in [2.45, 2.75) is 57.7 Å². The van der Waals surface area contributed by atoms with Gasteiger partial charge >= 0.3 is 0 Å². The van der Waals surface area contributed by atoms with E-state index < -0.39 is 11.7 Å². The second-order valence-electron chi connectivity index (χ2n) is 7.13. The van der Waals surface area contributed by atoms with Crippen molar-refractivity contribution in [3.05, 3.63) is 65.7 Å². The summed E-state index contributed by atoms with van der Waals surface area (Å²) >= 11 is 0. The third-order valence-electron chi connectivity index (χ3n) is 5.24. The average molecular weight is 352 g/mol. The number of carbonyl (C=O) groups is 1. The number of para-hydroxylation sites is 1. The number of rotatable bonds is 8. The van der Waals surface area contributed by atoms with Crippen LogP contribution in [0.3, 0.4) is 0 Å². The molecule has 0 saturated carbocycles. The van der Waals surface area contributed by atoms with Gasteiger partial charge in [-0.05, 0) is 18.6 Å². The quantitative estimate of drug-likeness (QED) is 0.640. The second kappa shape index (κ2) is 8.50. The van der Waals surface area contributed by atoms with Crippen LogP contribution < -0.4 is 4.74 Å². The van der Waals surface area contributed by atoms with Gasteiger partial charge in [-0.2, -0.15) is 0 Å². The molecule has 2 aromatic carbocycles. The first-order chi connectivity index (χ1) is 12.7. The minimum atomic E-state index is -1.60. The van der Waals surface area contributed by atoms with Gasteiger partial charge in [-0.1, -0.05) is 87.9 Å². The van der Waals surface area contributed by atoms with Crippen LogP contribution in [0, 0.1) is 5.92 Å². The van der Waals surface area contributed by atoms with E-state index in [-0.39, 0.29) is 5.78 Å². The largest absolute Gasteiger partial charge is 0.457 e. The van der Waals surface area contributed by atoms with Crippen molar-refractivity contribution in [1.82, 2.24) is 0 Å². The van der Waals surface area contributed by atoms with E-state index in [9.17, 15) is 9.90 Å². The number of carbonyl (C=O) groups excluding carboxylic acids is 1. The molecule has 1 aliphatic heterocycles. The maximum Gasteiger partial charge on any atom is 0.245 e. The Hall–Kier alpha value is -2.13. The number of hydrogen-bond acceptors (Lipinski definition) is 3. The summed E-state index contributed by atoms with van der Waals surface area (Å²) in [7, 11) is 0. The fourth-order valence-electron chi connectivity index (χ4n) is 3.76. The van der Waals surface area contributed by atoms with E-state index in [0.717, 1.165) is 12.8 Å². The number of unbranched alkanes of at least 4 members (excludes halogenated alkanes) is 5. The Balaban J connectivity index is 1.82. The maximum atomic E-state index is 13.1. The molecule has 0 unspecified atom stereocenters. The first-order valence-corrected chi connectivity index (χ1v) is 9.77. The molecule has 26 heavy (non-hydrogen) atoms. The minimum Gasteiger partial charge on any atom is -0.457 e. The van der Waals surface area contributed by atoms with Crippen LogP contribution in [-0.4, -0.2) is 10.9 Å². The summed E-state index contributed by atoms with van der Waals surface area (Å²) in [6.45, 7) is 2.20. The zero-order valence-corrected chi connectivity index (χ0v) is 15.5. The minimum absolute atomic E-state index is 0.0215. The van der Waals surface area contributed by atoms with Crippen molar-refractivity contribution in [2.24, 2.45) is 5.92 Å². The molecule has 1 aliphatic rings. The molecule has 0 aliphatic carbocycles. The van der Waals surface area contributed by atoms with E-state index in [0.29, 0.717) is 23.3 Å². The summed E-state index contributed by atoms with van der Waals surface area (Å²) in [5.41, 5.74) is 1.21. The highest BCUT2D eigenvalue weighted by Gasteiger charge is 2.49. The first-order valence-electron chi connectivity index (χ1n) is 9.77. The third-order valence-corrected chi connectivity index (χ3v) is 5.24. The number of Topliss-reactive ketones (excluding diaryl/α,β-unsaturated/α-hetero) is 1. The highest BCUT2D eigenvalue weighted by Crippen LogP contribution is 2.43. The van der Waals surface area contributed by atoms with Gasteiger partial charge in [-0.25, -0.2) is 0 Å². The van der Waals surface area contributed by atoms with Gasteiger partial charge in [0.15, 0.2) is 5.78 Å². The molecular weight excluding hydrogens is 324 g/mol. The van der Waals surface area contributed by atoms with E-state index in [2.05, 4.69) is 6.92 Å². The zero-order valence-electron chi connectivity index (χ0n) is 15.5. The van der Waals surface area contributed by atoms with Gasteiger partial charge in [-0.3, -0.25) is 4.79 Å². The Morgan fingerprint density at radius 3 is 2.35 bits per heavy atom. The molecular formula is C23H28O3. The summed E-state index contributed by atoms with van der Waals surface area (Å²) < 4.78 is 6.02. The SMILES string of the molecule is CCCCCCCC[C@@H]1C(=O)c2ccccc2O[C@@]1(O)c1ccccc1. The molecule has 2 atom stereocenters. The lowest BCUT2D eigenvalue weighted by Crippen LogP contribution is -2.48. The number of ketones is 1. The number of hydrogen-bond donors (Lipinski definition) is 1. The fourth-order valence-corrected chi connectivity index (χ4v) is 3.76. The molecule has 0 amide bonds. The summed E-state index contributed by atoms with van der Waals surface area (Å²) in [4.78, 5) is 13.1. The third kappa shape index (κ3) is 3.83. The van der Waals surface area contributed by atoms with Crippen LogP contribution in [0.15, 0.2) is 54.6 Å². The smallest absolute Gasteiger partial charge is 0.245 e. The van der Waals surface area contributed by atoms with Crippen molar-refractivity contribution in [3.8, 4) is 5.75 Å². The Morgan fingerprint density at radius 2 is 1.58 bits per heavy atom. The molecule has 3 heteroatoms. The summed E-state index contributed by atoms with van der Waals surface area (Å²) in [5, 5.41) is 11.4. The Morgan fingerprint density at radius 1 is 0.923 bits per heavy atom. The second-order valence-corrected chi connectivity index (χ2v) is 7.13. The number of ether oxygens (including phenoxy) is 1. The standard InChI is InChI=1S/C23H28O3/c1-2-3-4-5-6-10-16-20-22(24)19-15-11-12-17-21(19)26-23(20,25)18-13-8-7-9-14-18/h7-9,11-15,17,20,25H,2-6,10,16H2,1H3/t20-,23+/m1/s1. The molecule has 0 radical (unpaired) electrons. The van der Waals surface area contributed by atoms with Crippen molar-refractivity contribution < 1.29 is 14.6 Å². The number of aliphatic hydroxyl groups is 1. The highest BCUT2D eigenvalue weighted by molar-refractivity contribution is 6.02. The maximum absolute atomic E-state index is 13.1. The van der Waals surface area contributed by atoms with E-state index in [1.165, 1.54) is 25.7 Å². The molecule has 0 bridgehead atoms. The van der Waals surface area contributed by atoms with E-state index >= 15 is 0 Å². The van der Waals surface area contributed by atoms with Crippen LogP contribution in [0.1, 0.15) is 67.8 Å². The van der Waals surface area contributed by atoms with Crippen molar-refractivity contribution >= 4 is 5.78 Å². The molecule has 1 N–H and O–H groups in total. The van der Waals surface area contributed by atoms with Gasteiger partial charge in [-0.15, -0.1) is 0 Å². The van der Waals surface area contributed by atoms with Crippen LogP contribution in [0.2, 0.25) is 0 Å². The lowest BCUT2D eigenvalue weighted by molar-refractivity contribution is -0.182. The lowest BCUT2D eigenvalue weighted by Gasteiger charge is -2.40. The molecule has 2 aromatic rings. The van der Waals surface area contributed by atoms with E-state index in [4.69, 9.17) is 4.74 Å².